The number of morpholine rings is 1. The van der Waals surface area contributed by atoms with E-state index < -0.39 is 6.10 Å². The molecule has 0 aliphatic carbocycles. The van der Waals surface area contributed by atoms with Gasteiger partial charge in [0.1, 0.15) is 0 Å². The molecule has 0 spiro atoms. The number of aliphatic hydroxyl groups is 1. The van der Waals surface area contributed by atoms with Gasteiger partial charge >= 0.3 is 6.03 Å². The van der Waals surface area contributed by atoms with Gasteiger partial charge in [0.2, 0.25) is 0 Å². The van der Waals surface area contributed by atoms with Gasteiger partial charge in [-0.15, -0.1) is 0 Å². The molecular formula is C26H33N5O4. The number of β-amino-alcohol motifs (C(OH)–C–C–N with tert-alkyl or cyclic N) is 1. The van der Waals surface area contributed by atoms with E-state index in [1.807, 2.05) is 6.07 Å². The third-order valence-electron chi connectivity index (χ3n) is 7.01. The molecule has 3 amide bonds. The normalized spacial score (nSPS) is 19.7. The number of carbonyl (C=O) groups is 2. The van der Waals surface area contributed by atoms with Crippen molar-refractivity contribution in [2.24, 2.45) is 0 Å². The van der Waals surface area contributed by atoms with E-state index in [1.165, 1.54) is 11.1 Å². The van der Waals surface area contributed by atoms with Crippen molar-refractivity contribution >= 4 is 11.9 Å². The van der Waals surface area contributed by atoms with Gasteiger partial charge in [-0.1, -0.05) is 24.3 Å². The van der Waals surface area contributed by atoms with Crippen molar-refractivity contribution in [1.82, 2.24) is 24.6 Å². The van der Waals surface area contributed by atoms with Crippen molar-refractivity contribution in [3.05, 3.63) is 65.0 Å². The molecule has 2 aromatic rings. The predicted molar refractivity (Wildman–Crippen MR) is 130 cm³/mol. The average Bonchev–Trinajstić information content (AvgIpc) is 3.23. The summed E-state index contributed by atoms with van der Waals surface area (Å²) in [5, 5.41) is 10.7. The molecule has 0 bridgehead atoms. The van der Waals surface area contributed by atoms with E-state index in [0.717, 1.165) is 25.2 Å². The van der Waals surface area contributed by atoms with E-state index in [0.29, 0.717) is 64.6 Å². The number of hydrogen-bond donors (Lipinski definition) is 1. The Morgan fingerprint density at radius 1 is 0.971 bits per heavy atom. The summed E-state index contributed by atoms with van der Waals surface area (Å²) in [5.41, 5.74) is 4.00. The van der Waals surface area contributed by atoms with Crippen LogP contribution >= 0.6 is 0 Å². The molecular weight excluding hydrogens is 446 g/mol. The first kappa shape index (κ1) is 23.7. The van der Waals surface area contributed by atoms with E-state index in [2.05, 4.69) is 34.1 Å². The van der Waals surface area contributed by atoms with Crippen LogP contribution in [0.3, 0.4) is 0 Å². The van der Waals surface area contributed by atoms with Crippen molar-refractivity contribution in [2.75, 3.05) is 59.0 Å². The summed E-state index contributed by atoms with van der Waals surface area (Å²) < 4.78 is 5.30. The van der Waals surface area contributed by atoms with Gasteiger partial charge in [-0.2, -0.15) is 0 Å². The fourth-order valence-electron chi connectivity index (χ4n) is 5.06. The van der Waals surface area contributed by atoms with E-state index >= 15 is 0 Å². The lowest BCUT2D eigenvalue weighted by Crippen LogP contribution is -2.43. The second kappa shape index (κ2) is 10.7. The third kappa shape index (κ3) is 5.63. The Morgan fingerprint density at radius 2 is 1.74 bits per heavy atom. The fraction of sp³-hybridized carbons (Fsp3) is 0.500. The number of aliphatic hydroxyl groups excluding tert-OH is 1. The second-order valence-electron chi connectivity index (χ2n) is 9.50. The highest BCUT2D eigenvalue weighted by Gasteiger charge is 2.31. The molecule has 1 aromatic carbocycles. The van der Waals surface area contributed by atoms with Crippen molar-refractivity contribution in [3.63, 3.8) is 0 Å². The Bertz CT molecular complexity index is 1040. The number of urea groups is 1. The van der Waals surface area contributed by atoms with Crippen LogP contribution in [0.4, 0.5) is 4.79 Å². The van der Waals surface area contributed by atoms with Crippen LogP contribution in [0.1, 0.15) is 27.2 Å². The van der Waals surface area contributed by atoms with Crippen LogP contribution in [0.2, 0.25) is 0 Å². The highest BCUT2D eigenvalue weighted by atomic mass is 16.5. The summed E-state index contributed by atoms with van der Waals surface area (Å²) in [6.07, 6.45) is 1.99. The molecule has 2 saturated heterocycles. The summed E-state index contributed by atoms with van der Waals surface area (Å²) in [7, 11) is 0. The zero-order chi connectivity index (χ0) is 24.2. The van der Waals surface area contributed by atoms with Crippen LogP contribution in [0, 0.1) is 0 Å². The smallest absolute Gasteiger partial charge is 0.320 e. The molecule has 9 heteroatoms. The first-order chi connectivity index (χ1) is 17.1. The molecule has 0 radical (unpaired) electrons. The van der Waals surface area contributed by atoms with Gasteiger partial charge in [0, 0.05) is 58.6 Å². The number of amides is 3. The Labute approximate surface area is 205 Å². The molecule has 0 unspecified atom stereocenters. The van der Waals surface area contributed by atoms with Gasteiger partial charge in [-0.25, -0.2) is 4.79 Å². The standard InChI is InChI=1S/C26H33N5O4/c32-24(18-28-8-7-20-3-1-2-4-22(20)16-28)19-31-10-9-30(26(31)34)17-23-6-5-21(15-27-23)25(33)29-11-13-35-14-12-29/h1-6,15,24,32H,7-14,16-19H2/t24-/m1/s1. The van der Waals surface area contributed by atoms with Crippen molar-refractivity contribution in [2.45, 2.75) is 25.6 Å². The number of rotatable bonds is 7. The van der Waals surface area contributed by atoms with Gasteiger partial charge in [0.15, 0.2) is 0 Å². The number of aromatic nitrogens is 1. The molecule has 9 nitrogen and oxygen atoms in total. The second-order valence-corrected chi connectivity index (χ2v) is 9.50. The minimum absolute atomic E-state index is 0.0399. The highest BCUT2D eigenvalue weighted by molar-refractivity contribution is 5.94. The van der Waals surface area contributed by atoms with Crippen LogP contribution in [-0.4, -0.2) is 107 Å². The minimum atomic E-state index is -0.590. The predicted octanol–water partition coefficient (Wildman–Crippen LogP) is 1.21. The van der Waals surface area contributed by atoms with Gasteiger partial charge in [0.05, 0.1) is 37.1 Å². The molecule has 5 rings (SSSR count). The van der Waals surface area contributed by atoms with Crippen LogP contribution in [0.15, 0.2) is 42.6 Å². The molecule has 3 aliphatic rings. The number of carbonyl (C=O) groups excluding carboxylic acids is 2. The lowest BCUT2D eigenvalue weighted by atomic mass is 10.00. The van der Waals surface area contributed by atoms with Crippen molar-refractivity contribution in [3.8, 4) is 0 Å². The number of hydrogen-bond acceptors (Lipinski definition) is 6. The molecule has 1 atom stereocenters. The Balaban J connectivity index is 1.10. The number of ether oxygens (including phenoxy) is 1. The minimum Gasteiger partial charge on any atom is -0.390 e. The Kier molecular flexibility index (Phi) is 7.26. The van der Waals surface area contributed by atoms with Crippen molar-refractivity contribution in [1.29, 1.82) is 0 Å². The lowest BCUT2D eigenvalue weighted by Gasteiger charge is -2.31. The lowest BCUT2D eigenvalue weighted by molar-refractivity contribution is 0.0302. The molecule has 1 N–H and O–H groups in total. The maximum absolute atomic E-state index is 12.9. The summed E-state index contributed by atoms with van der Waals surface area (Å²) in [6, 6.07) is 12.0. The van der Waals surface area contributed by atoms with E-state index in [1.54, 1.807) is 27.0 Å². The SMILES string of the molecule is O=C(c1ccc(CN2CCN(C[C@H](O)CN3CCc4ccccc4C3)C2=O)nc1)N1CCOCC1. The Hall–Kier alpha value is -3.01. The monoisotopic (exact) mass is 479 g/mol. The van der Waals surface area contributed by atoms with Crippen LogP contribution in [-0.2, 0) is 24.2 Å². The number of benzene rings is 1. The molecule has 35 heavy (non-hydrogen) atoms. The highest BCUT2D eigenvalue weighted by Crippen LogP contribution is 2.19. The van der Waals surface area contributed by atoms with Crippen LogP contribution < -0.4 is 0 Å². The number of pyridine rings is 1. The summed E-state index contributed by atoms with van der Waals surface area (Å²) in [5.74, 6) is -0.0399. The van der Waals surface area contributed by atoms with Gasteiger partial charge < -0.3 is 24.5 Å². The maximum Gasteiger partial charge on any atom is 0.320 e. The summed E-state index contributed by atoms with van der Waals surface area (Å²) in [4.78, 5) is 37.4. The van der Waals surface area contributed by atoms with Gasteiger partial charge in [-0.3, -0.25) is 14.7 Å². The first-order valence-corrected chi connectivity index (χ1v) is 12.4. The van der Waals surface area contributed by atoms with E-state index in [9.17, 15) is 14.7 Å². The molecule has 1 aromatic heterocycles. The molecule has 2 fully saturated rings. The maximum atomic E-state index is 12.9. The third-order valence-corrected chi connectivity index (χ3v) is 7.01. The largest absolute Gasteiger partial charge is 0.390 e. The van der Waals surface area contributed by atoms with E-state index in [4.69, 9.17) is 4.74 Å². The summed E-state index contributed by atoms with van der Waals surface area (Å²) in [6.45, 7) is 6.52. The zero-order valence-corrected chi connectivity index (χ0v) is 20.0. The molecule has 3 aliphatic heterocycles. The molecule has 0 saturated carbocycles. The van der Waals surface area contributed by atoms with Gasteiger partial charge in [-0.05, 0) is 29.7 Å². The van der Waals surface area contributed by atoms with Crippen molar-refractivity contribution < 1.29 is 19.4 Å². The van der Waals surface area contributed by atoms with Crippen LogP contribution in [0.5, 0.6) is 0 Å². The Morgan fingerprint density at radius 3 is 2.51 bits per heavy atom. The zero-order valence-electron chi connectivity index (χ0n) is 20.0. The summed E-state index contributed by atoms with van der Waals surface area (Å²) >= 11 is 0. The topological polar surface area (TPSA) is 89.5 Å². The quantitative estimate of drug-likeness (QED) is 0.642. The number of nitrogens with zero attached hydrogens (tertiary/aromatic N) is 5. The van der Waals surface area contributed by atoms with E-state index in [-0.39, 0.29) is 11.9 Å². The first-order valence-electron chi connectivity index (χ1n) is 12.4. The van der Waals surface area contributed by atoms with Crippen LogP contribution in [0.25, 0.3) is 0 Å². The molecule has 4 heterocycles. The molecule has 186 valence electrons. The van der Waals surface area contributed by atoms with Gasteiger partial charge in [0.25, 0.3) is 5.91 Å². The number of fused-ring (bicyclic) bond motifs is 1. The average molecular weight is 480 g/mol. The fourth-order valence-corrected chi connectivity index (χ4v) is 5.06.